The number of aromatic carboxylic acids is 1. The fourth-order valence-electron chi connectivity index (χ4n) is 3.56. The van der Waals surface area contributed by atoms with E-state index < -0.39 is 5.97 Å². The van der Waals surface area contributed by atoms with E-state index >= 15 is 0 Å². The molecule has 0 amide bonds. The van der Waals surface area contributed by atoms with E-state index in [1.807, 2.05) is 6.92 Å². The Balaban J connectivity index is 1.58. The van der Waals surface area contributed by atoms with E-state index in [2.05, 4.69) is 9.80 Å². The van der Waals surface area contributed by atoms with E-state index in [1.54, 1.807) is 6.07 Å². The molecule has 0 saturated carbocycles. The summed E-state index contributed by atoms with van der Waals surface area (Å²) in [6.45, 7) is 7.31. The smallest absolute Gasteiger partial charge is 0.371 e. The van der Waals surface area contributed by atoms with Crippen LogP contribution in [0.3, 0.4) is 0 Å². The van der Waals surface area contributed by atoms with Gasteiger partial charge in [0.15, 0.2) is 0 Å². The zero-order chi connectivity index (χ0) is 14.8. The summed E-state index contributed by atoms with van der Waals surface area (Å²) in [5, 5.41) is 8.98. The van der Waals surface area contributed by atoms with Crippen LogP contribution in [-0.4, -0.2) is 53.1 Å². The Morgan fingerprint density at radius 2 is 2.10 bits per heavy atom. The molecule has 0 bridgehead atoms. The maximum atomic E-state index is 10.9. The third kappa shape index (κ3) is 3.30. The predicted molar refractivity (Wildman–Crippen MR) is 79.5 cm³/mol. The van der Waals surface area contributed by atoms with Crippen LogP contribution >= 0.6 is 0 Å². The van der Waals surface area contributed by atoms with Gasteiger partial charge in [-0.1, -0.05) is 6.42 Å². The number of aryl methyl sites for hydroxylation is 1. The first-order valence-corrected chi connectivity index (χ1v) is 7.92. The van der Waals surface area contributed by atoms with Crippen molar-refractivity contribution >= 4 is 5.97 Å². The van der Waals surface area contributed by atoms with Gasteiger partial charge in [0.05, 0.1) is 0 Å². The summed E-state index contributed by atoms with van der Waals surface area (Å²) >= 11 is 0. The van der Waals surface area contributed by atoms with Crippen molar-refractivity contribution in [2.45, 2.75) is 45.2 Å². The van der Waals surface area contributed by atoms with Crippen molar-refractivity contribution in [2.75, 3.05) is 26.2 Å². The van der Waals surface area contributed by atoms with Crippen molar-refractivity contribution < 1.29 is 14.3 Å². The van der Waals surface area contributed by atoms with Crippen LogP contribution in [0.2, 0.25) is 0 Å². The topological polar surface area (TPSA) is 56.9 Å². The molecule has 5 nitrogen and oxygen atoms in total. The second-order valence-corrected chi connectivity index (χ2v) is 6.27. The molecule has 116 valence electrons. The largest absolute Gasteiger partial charge is 0.475 e. The Kier molecular flexibility index (Phi) is 4.31. The number of carboxylic acid groups (broad SMARTS) is 1. The average molecular weight is 292 g/mol. The maximum absolute atomic E-state index is 10.9. The maximum Gasteiger partial charge on any atom is 0.371 e. The highest BCUT2D eigenvalue weighted by atomic mass is 16.4. The van der Waals surface area contributed by atoms with Gasteiger partial charge in [0.25, 0.3) is 0 Å². The van der Waals surface area contributed by atoms with Gasteiger partial charge in [0.2, 0.25) is 5.76 Å². The molecule has 2 saturated heterocycles. The van der Waals surface area contributed by atoms with Crippen LogP contribution in [0.15, 0.2) is 10.5 Å². The minimum Gasteiger partial charge on any atom is -0.475 e. The molecule has 21 heavy (non-hydrogen) atoms. The van der Waals surface area contributed by atoms with E-state index in [0.717, 1.165) is 31.0 Å². The van der Waals surface area contributed by atoms with Gasteiger partial charge in [-0.05, 0) is 45.3 Å². The van der Waals surface area contributed by atoms with E-state index in [9.17, 15) is 4.79 Å². The molecule has 0 aromatic carbocycles. The van der Waals surface area contributed by atoms with Crippen molar-refractivity contribution in [3.8, 4) is 0 Å². The van der Waals surface area contributed by atoms with Gasteiger partial charge in [0.1, 0.15) is 5.76 Å². The van der Waals surface area contributed by atoms with E-state index in [-0.39, 0.29) is 5.76 Å². The lowest BCUT2D eigenvalue weighted by molar-refractivity contribution is 0.0661. The molecule has 1 unspecified atom stereocenters. The molecule has 3 rings (SSSR count). The van der Waals surface area contributed by atoms with E-state index in [4.69, 9.17) is 9.52 Å². The van der Waals surface area contributed by atoms with Crippen LogP contribution in [0.5, 0.6) is 0 Å². The molecule has 1 atom stereocenters. The van der Waals surface area contributed by atoms with Crippen LogP contribution in [0.4, 0.5) is 0 Å². The molecule has 2 aliphatic rings. The highest BCUT2D eigenvalue weighted by molar-refractivity contribution is 5.84. The molecule has 1 aromatic heterocycles. The number of rotatable bonds is 4. The molecule has 2 aliphatic heterocycles. The van der Waals surface area contributed by atoms with Crippen LogP contribution in [0.25, 0.3) is 0 Å². The Morgan fingerprint density at radius 1 is 1.33 bits per heavy atom. The van der Waals surface area contributed by atoms with Gasteiger partial charge >= 0.3 is 5.97 Å². The third-order valence-electron chi connectivity index (χ3n) is 4.78. The number of carboxylic acids is 1. The van der Waals surface area contributed by atoms with Crippen molar-refractivity contribution in [3.63, 3.8) is 0 Å². The summed E-state index contributed by atoms with van der Waals surface area (Å²) in [6, 6.07) is 2.35. The summed E-state index contributed by atoms with van der Waals surface area (Å²) in [5.74, 6) is -0.208. The molecular weight excluding hydrogens is 268 g/mol. The first kappa shape index (κ1) is 14.6. The third-order valence-corrected chi connectivity index (χ3v) is 4.78. The van der Waals surface area contributed by atoms with Crippen molar-refractivity contribution in [1.82, 2.24) is 9.80 Å². The summed E-state index contributed by atoms with van der Waals surface area (Å²) in [6.07, 6.45) is 5.26. The van der Waals surface area contributed by atoms with E-state index in [1.165, 1.54) is 38.8 Å². The molecule has 1 N–H and O–H groups in total. The van der Waals surface area contributed by atoms with Gasteiger partial charge < -0.3 is 9.52 Å². The predicted octanol–water partition coefficient (Wildman–Crippen LogP) is 2.35. The summed E-state index contributed by atoms with van der Waals surface area (Å²) < 4.78 is 5.29. The Morgan fingerprint density at radius 3 is 2.76 bits per heavy atom. The number of hydrogen-bond acceptors (Lipinski definition) is 4. The van der Waals surface area contributed by atoms with Crippen LogP contribution in [0.1, 0.15) is 47.6 Å². The minimum absolute atomic E-state index is 0.0503. The van der Waals surface area contributed by atoms with Crippen LogP contribution in [0, 0.1) is 6.92 Å². The van der Waals surface area contributed by atoms with Crippen molar-refractivity contribution in [1.29, 1.82) is 0 Å². The van der Waals surface area contributed by atoms with Gasteiger partial charge in [-0.15, -0.1) is 0 Å². The van der Waals surface area contributed by atoms with Crippen LogP contribution in [-0.2, 0) is 6.54 Å². The molecule has 2 fully saturated rings. The fourth-order valence-corrected chi connectivity index (χ4v) is 3.56. The normalized spacial score (nSPS) is 24.5. The highest BCUT2D eigenvalue weighted by Gasteiger charge is 2.29. The molecule has 3 heterocycles. The molecular formula is C16H24N2O3. The Bertz CT molecular complexity index is 506. The van der Waals surface area contributed by atoms with Crippen molar-refractivity contribution in [3.05, 3.63) is 23.2 Å². The van der Waals surface area contributed by atoms with Gasteiger partial charge in [0, 0.05) is 31.2 Å². The van der Waals surface area contributed by atoms with Gasteiger partial charge in [-0.2, -0.15) is 0 Å². The molecule has 0 aliphatic carbocycles. The van der Waals surface area contributed by atoms with Gasteiger partial charge in [-0.3, -0.25) is 9.80 Å². The Hall–Kier alpha value is -1.33. The quantitative estimate of drug-likeness (QED) is 0.923. The second kappa shape index (κ2) is 6.20. The summed E-state index contributed by atoms with van der Waals surface area (Å²) in [7, 11) is 0. The van der Waals surface area contributed by atoms with E-state index in [0.29, 0.717) is 6.04 Å². The number of carbonyl (C=O) groups is 1. The van der Waals surface area contributed by atoms with Gasteiger partial charge in [-0.25, -0.2) is 4.79 Å². The lowest BCUT2D eigenvalue weighted by Crippen LogP contribution is -2.40. The number of piperidine rings is 1. The number of hydrogen-bond donors (Lipinski definition) is 1. The molecule has 0 radical (unpaired) electrons. The summed E-state index contributed by atoms with van der Waals surface area (Å²) in [4.78, 5) is 16.0. The molecule has 1 aromatic rings. The second-order valence-electron chi connectivity index (χ2n) is 6.27. The molecule has 0 spiro atoms. The number of nitrogens with zero attached hydrogens (tertiary/aromatic N) is 2. The lowest BCUT2D eigenvalue weighted by Gasteiger charge is -2.32. The SMILES string of the molecule is Cc1oc(C(=O)O)cc1CN1CCC(N2CCCCC2)C1. The zero-order valence-electron chi connectivity index (χ0n) is 12.7. The summed E-state index contributed by atoms with van der Waals surface area (Å²) in [5.41, 5.74) is 1.01. The highest BCUT2D eigenvalue weighted by Crippen LogP contribution is 2.23. The first-order valence-electron chi connectivity index (χ1n) is 7.92. The van der Waals surface area contributed by atoms with Crippen molar-refractivity contribution in [2.24, 2.45) is 0 Å². The fraction of sp³-hybridized carbons (Fsp3) is 0.688. The first-order chi connectivity index (χ1) is 10.1. The minimum atomic E-state index is -0.989. The standard InChI is InChI=1S/C16H24N2O3/c1-12-13(9-15(21-12)16(19)20)10-17-8-5-14(11-17)18-6-3-2-4-7-18/h9,14H,2-8,10-11H2,1H3,(H,19,20). The number of furan rings is 1. The zero-order valence-corrected chi connectivity index (χ0v) is 12.7. The average Bonchev–Trinajstić information content (AvgIpc) is 3.08. The van der Waals surface area contributed by atoms with Crippen LogP contribution < -0.4 is 0 Å². The monoisotopic (exact) mass is 292 g/mol. The molecule has 5 heteroatoms. The lowest BCUT2D eigenvalue weighted by atomic mass is 10.1. The number of likely N-dealkylation sites (tertiary alicyclic amines) is 2. The Labute approximate surface area is 125 Å².